The molecule has 0 bridgehead atoms. The summed E-state index contributed by atoms with van der Waals surface area (Å²) in [6.07, 6.45) is 2.47. The first-order valence-corrected chi connectivity index (χ1v) is 26.1. The van der Waals surface area contributed by atoms with Gasteiger partial charge in [0.2, 0.25) is 22.5 Å². The van der Waals surface area contributed by atoms with Gasteiger partial charge < -0.3 is 0 Å². The lowest BCUT2D eigenvalue weighted by molar-refractivity contribution is 0.178. The van der Waals surface area contributed by atoms with Crippen molar-refractivity contribution in [1.29, 1.82) is 0 Å². The molecule has 0 radical (unpaired) electrons. The zero-order valence-corrected chi connectivity index (χ0v) is 44.6. The lowest BCUT2D eigenvalue weighted by atomic mass is 11.3. The predicted octanol–water partition coefficient (Wildman–Crippen LogP) is -2.33. The molecule has 0 aliphatic rings. The molecule has 0 heterocycles. The van der Waals surface area contributed by atoms with Gasteiger partial charge in [-0.2, -0.15) is 46.9 Å². The number of hydrogen-bond acceptors (Lipinski definition) is 26. The van der Waals surface area contributed by atoms with E-state index in [0.29, 0.717) is 0 Å². The molecule has 60 heavy (non-hydrogen) atoms. The minimum absolute atomic E-state index is 0.993. The third-order valence-corrected chi connectivity index (χ3v) is 11.3. The van der Waals surface area contributed by atoms with Gasteiger partial charge in [0.25, 0.3) is 10.1 Å². The van der Waals surface area contributed by atoms with Crippen LogP contribution in [0.15, 0.2) is 0 Å². The van der Waals surface area contributed by atoms with E-state index in [-0.39, 0.29) is 0 Å². The van der Waals surface area contributed by atoms with E-state index in [9.17, 15) is 55.1 Å². The van der Waals surface area contributed by atoms with Crippen molar-refractivity contribution < 1.29 is 110 Å². The molecule has 0 amide bonds. The Hall–Kier alpha value is -0.0500. The highest BCUT2D eigenvalue weighted by Crippen LogP contribution is 2.46. The van der Waals surface area contributed by atoms with E-state index < -0.39 is 93.9 Å². The smallest absolute Gasteiger partial charge is 0.294 e. The molecular weight excluding hydrogens is 1010 g/mol. The fourth-order valence-corrected chi connectivity index (χ4v) is 2.47. The first kappa shape index (κ1) is 80.3. The minimum atomic E-state index is -3.66. The highest BCUT2D eigenvalue weighted by molar-refractivity contribution is 7.86. The van der Waals surface area contributed by atoms with E-state index in [2.05, 4.69) is 60.1 Å². The topological polar surface area (TPSA) is 372 Å². The third kappa shape index (κ3) is 78.4. The molecule has 0 spiro atoms. The van der Waals surface area contributed by atoms with Gasteiger partial charge in [0.15, 0.2) is 11.1 Å². The van der Waals surface area contributed by atoms with Crippen molar-refractivity contribution in [2.75, 3.05) is 147 Å². The maximum atomic E-state index is 10.7. The number of rotatable bonds is 17. The Balaban J connectivity index is -0.0000000699. The molecule has 0 fully saturated rings. The molecule has 3 unspecified atom stereocenters. The van der Waals surface area contributed by atoms with E-state index >= 15 is 0 Å². The van der Waals surface area contributed by atoms with Gasteiger partial charge in [-0.3, -0.25) is 55.4 Å². The van der Waals surface area contributed by atoms with Gasteiger partial charge in [-0.25, -0.2) is 26.2 Å². The van der Waals surface area contributed by atoms with Crippen molar-refractivity contribution in [3.05, 3.63) is 0 Å². The Kier molecular flexibility index (Phi) is 66.8. The number of hydrogen-bond donors (Lipinski definition) is 2. The van der Waals surface area contributed by atoms with E-state index in [1.807, 2.05) is 4.72 Å². The zero-order valence-electron chi connectivity index (χ0n) is 37.2. The summed E-state index contributed by atoms with van der Waals surface area (Å²) in [5.74, 6) is 0. The predicted molar refractivity (Wildman–Crippen MR) is 224 cm³/mol. The van der Waals surface area contributed by atoms with Crippen LogP contribution in [0.1, 0.15) is 0 Å². The molecule has 30 nitrogen and oxygen atoms in total. The van der Waals surface area contributed by atoms with Crippen LogP contribution in [0.25, 0.3) is 0 Å². The largest absolute Gasteiger partial charge is 0.473 e. The molecule has 3 atom stereocenters. The molecule has 0 aliphatic carbocycles. The van der Waals surface area contributed by atoms with Gasteiger partial charge in [0.05, 0.1) is 77.4 Å². The SMILES string of the molecule is CNS(=O)(=O)OC.CNS(=O)OC.COP(=O)(OC)OC.COS(=O)(=O)N(C)C.COS(=O)(=O)OC.COS(=O)N(C)C.COS(=O)OC.COS(C)(=O)=O.COS(C)=O. The van der Waals surface area contributed by atoms with Gasteiger partial charge in [-0.1, -0.05) is 0 Å². The van der Waals surface area contributed by atoms with E-state index in [1.165, 1.54) is 88.6 Å². The highest BCUT2D eigenvalue weighted by atomic mass is 32.3. The normalized spacial score (nSPS) is 12.5. The lowest BCUT2D eigenvalue weighted by Crippen LogP contribution is -2.22. The van der Waals surface area contributed by atoms with Gasteiger partial charge in [0, 0.05) is 62.8 Å². The Morgan fingerprint density at radius 2 is 0.867 bits per heavy atom. The number of nitrogens with zero attached hydrogens (tertiary/aromatic N) is 2. The average Bonchev–Trinajstić information content (AvgIpc) is 3.23. The number of nitrogens with one attached hydrogen (secondary N) is 2. The monoisotopic (exact) mass is 1080 g/mol. The zero-order chi connectivity index (χ0) is 50.6. The van der Waals surface area contributed by atoms with Crippen LogP contribution in [0.2, 0.25) is 0 Å². The van der Waals surface area contributed by atoms with E-state index in [4.69, 9.17) is 0 Å². The molecule has 0 saturated carbocycles. The maximum Gasteiger partial charge on any atom is 0.473 e. The minimum Gasteiger partial charge on any atom is -0.294 e. The molecule has 0 aromatic heterocycles. The van der Waals surface area contributed by atoms with Crippen molar-refractivity contribution >= 4 is 93.9 Å². The average molecular weight is 1080 g/mol. The van der Waals surface area contributed by atoms with Gasteiger partial charge in [-0.05, 0) is 7.05 Å². The van der Waals surface area contributed by atoms with Crippen LogP contribution >= 0.6 is 7.82 Å². The summed E-state index contributed by atoms with van der Waals surface area (Å²) in [6.45, 7) is 0. The molecule has 0 saturated heterocycles. The fraction of sp³-hybridized carbons (Fsp3) is 1.00. The van der Waals surface area contributed by atoms with Crippen LogP contribution in [0.3, 0.4) is 0 Å². The molecule has 0 aromatic rings. The Labute approximate surface area is 367 Å². The molecule has 39 heteroatoms. The van der Waals surface area contributed by atoms with Gasteiger partial charge >= 0.3 is 50.2 Å². The van der Waals surface area contributed by atoms with Crippen LogP contribution in [-0.4, -0.2) is 206 Å². The Morgan fingerprint density at radius 1 is 0.533 bits per heavy atom. The molecular formula is C21H65N4O26PS8. The lowest BCUT2D eigenvalue weighted by Gasteiger charge is -2.08. The maximum absolute atomic E-state index is 10.7. The van der Waals surface area contributed by atoms with Gasteiger partial charge in [0.1, 0.15) is 0 Å². The van der Waals surface area contributed by atoms with Crippen LogP contribution in [-0.2, 0) is 146 Å². The molecule has 0 rings (SSSR count). The molecule has 0 aromatic carbocycles. The molecule has 2 N–H and O–H groups in total. The highest BCUT2D eigenvalue weighted by Gasteiger charge is 2.18. The third-order valence-electron chi connectivity index (χ3n) is 3.77. The second-order valence-electron chi connectivity index (χ2n) is 7.75. The van der Waals surface area contributed by atoms with Crippen LogP contribution in [0, 0.1) is 0 Å². The fourth-order valence-electron chi connectivity index (χ4n) is 0.824. The summed E-state index contributed by atoms with van der Waals surface area (Å²) < 4.78 is 191. The van der Waals surface area contributed by atoms with E-state index in [0.717, 1.165) is 46.1 Å². The molecule has 378 valence electrons. The van der Waals surface area contributed by atoms with Crippen molar-refractivity contribution in [2.45, 2.75) is 0 Å². The summed E-state index contributed by atoms with van der Waals surface area (Å²) in [4.78, 5) is 0. The van der Waals surface area contributed by atoms with Crippen molar-refractivity contribution in [3.8, 4) is 0 Å². The summed E-state index contributed by atoms with van der Waals surface area (Å²) >= 11 is -5.14. The van der Waals surface area contributed by atoms with Crippen LogP contribution in [0.4, 0.5) is 0 Å². The second kappa shape index (κ2) is 50.0. The molecule has 0 aliphatic heterocycles. The number of phosphoric ester groups is 1. The quantitative estimate of drug-likeness (QED) is 0.114. The summed E-state index contributed by atoms with van der Waals surface area (Å²) in [7, 11) is 8.14. The Bertz CT molecular complexity index is 1450. The van der Waals surface area contributed by atoms with E-state index in [1.54, 1.807) is 21.1 Å². The van der Waals surface area contributed by atoms with Crippen LogP contribution in [0.5, 0.6) is 0 Å². The van der Waals surface area contributed by atoms with Crippen LogP contribution < -0.4 is 9.44 Å². The van der Waals surface area contributed by atoms with Crippen molar-refractivity contribution in [2.24, 2.45) is 0 Å². The Morgan fingerprint density at radius 3 is 0.867 bits per heavy atom. The van der Waals surface area contributed by atoms with Gasteiger partial charge in [-0.15, -0.1) is 0 Å². The number of phosphoric acid groups is 1. The van der Waals surface area contributed by atoms with Crippen molar-refractivity contribution in [3.63, 3.8) is 0 Å². The second-order valence-corrected chi connectivity index (χ2v) is 21.4. The first-order chi connectivity index (χ1) is 27.1. The summed E-state index contributed by atoms with van der Waals surface area (Å²) in [5.41, 5.74) is 0. The summed E-state index contributed by atoms with van der Waals surface area (Å²) in [6, 6.07) is 0. The first-order valence-electron chi connectivity index (χ1n) is 14.1. The van der Waals surface area contributed by atoms with Crippen molar-refractivity contribution in [1.82, 2.24) is 18.1 Å². The standard InChI is InChI=1S/C3H9NO3S.C3H9NO2S.C3H9O4P.C2H7NO3S.C2H7NO2S.C2H6O4S.2C2H6O3S.C2H6O2S/c1-4(2)8(5,6)7-3;1-4(2)7(5)6-3;1-5-8(4,6-2)7-3;1-3-7(4,5)6-2;1-3-6(4)5-2;1-5-7(3,4)6-2;1-5-6(2,3)4;1-4-6(3)5-2;1-4-5(2)3/h1-3H3;1-3H3;1-3H3;3H,1-2H3;3H,1-2H3;1-2H3;2*1-2H3;1-2H3. The summed E-state index contributed by atoms with van der Waals surface area (Å²) in [5, 5.41) is 0.